The summed E-state index contributed by atoms with van der Waals surface area (Å²) < 4.78 is 28.4. The third kappa shape index (κ3) is 3.26. The highest BCUT2D eigenvalue weighted by molar-refractivity contribution is 7.90. The van der Waals surface area contributed by atoms with Gasteiger partial charge in [0.05, 0.1) is 11.5 Å². The Balaban J connectivity index is 2.18. The molecule has 24 heavy (non-hydrogen) atoms. The summed E-state index contributed by atoms with van der Waals surface area (Å²) in [5, 5.41) is 0. The second kappa shape index (κ2) is 6.24. The molecular formula is C19H18O4S. The van der Waals surface area contributed by atoms with Crippen molar-refractivity contribution in [1.29, 1.82) is 0 Å². The molecule has 124 valence electrons. The molecule has 0 bridgehead atoms. The van der Waals surface area contributed by atoms with Gasteiger partial charge in [0.1, 0.15) is 0 Å². The molecule has 3 rings (SSSR count). The van der Waals surface area contributed by atoms with Crippen molar-refractivity contribution < 1.29 is 17.9 Å². The van der Waals surface area contributed by atoms with Gasteiger partial charge < -0.3 is 4.74 Å². The van der Waals surface area contributed by atoms with Crippen molar-refractivity contribution in [1.82, 2.24) is 0 Å². The van der Waals surface area contributed by atoms with Crippen LogP contribution >= 0.6 is 0 Å². The van der Waals surface area contributed by atoms with Crippen LogP contribution < -0.4 is 0 Å². The van der Waals surface area contributed by atoms with Gasteiger partial charge in [0.25, 0.3) is 0 Å². The first kappa shape index (κ1) is 16.5. The van der Waals surface area contributed by atoms with Gasteiger partial charge in [-0.2, -0.15) is 0 Å². The lowest BCUT2D eigenvalue weighted by atomic mass is 9.91. The lowest BCUT2D eigenvalue weighted by molar-refractivity contribution is -0.135. The number of benzene rings is 2. The van der Waals surface area contributed by atoms with E-state index in [2.05, 4.69) is 0 Å². The SMILES string of the molecule is Cc1cccc(/C(=C2/CCOC2=O)c2ccc(S(C)(=O)=O)cc2)c1. The monoisotopic (exact) mass is 342 g/mol. The van der Waals surface area contributed by atoms with Crippen molar-refractivity contribution in [2.45, 2.75) is 18.2 Å². The van der Waals surface area contributed by atoms with Gasteiger partial charge in [-0.15, -0.1) is 0 Å². The van der Waals surface area contributed by atoms with Gasteiger partial charge in [-0.1, -0.05) is 42.0 Å². The first-order chi connectivity index (χ1) is 11.4. The minimum absolute atomic E-state index is 0.258. The molecule has 1 aliphatic rings. The maximum Gasteiger partial charge on any atom is 0.334 e. The van der Waals surface area contributed by atoms with Gasteiger partial charge in [-0.3, -0.25) is 0 Å². The summed E-state index contributed by atoms with van der Waals surface area (Å²) >= 11 is 0. The number of esters is 1. The average Bonchev–Trinajstić information content (AvgIpc) is 2.93. The van der Waals surface area contributed by atoms with E-state index in [0.717, 1.165) is 22.3 Å². The zero-order valence-electron chi connectivity index (χ0n) is 13.6. The number of hydrogen-bond donors (Lipinski definition) is 0. The summed E-state index contributed by atoms with van der Waals surface area (Å²) in [5.41, 5.74) is 4.26. The number of aryl methyl sites for hydroxylation is 1. The number of carbonyl (C=O) groups excluding carboxylic acids is 1. The molecule has 1 heterocycles. The Bertz CT molecular complexity index is 922. The number of hydrogen-bond acceptors (Lipinski definition) is 4. The predicted molar refractivity (Wildman–Crippen MR) is 92.3 cm³/mol. The van der Waals surface area contributed by atoms with Gasteiger partial charge in [0, 0.05) is 18.2 Å². The quantitative estimate of drug-likeness (QED) is 0.635. The minimum atomic E-state index is -3.25. The Morgan fingerprint density at radius 2 is 1.75 bits per heavy atom. The first-order valence-electron chi connectivity index (χ1n) is 7.64. The molecule has 5 heteroatoms. The molecule has 1 fully saturated rings. The van der Waals surface area contributed by atoms with E-state index in [1.807, 2.05) is 31.2 Å². The Morgan fingerprint density at radius 3 is 2.29 bits per heavy atom. The number of sulfone groups is 1. The molecule has 0 amide bonds. The summed E-state index contributed by atoms with van der Waals surface area (Å²) in [6.07, 6.45) is 1.73. The molecule has 2 aromatic rings. The molecule has 1 saturated heterocycles. The maximum atomic E-state index is 12.1. The molecule has 2 aromatic carbocycles. The van der Waals surface area contributed by atoms with E-state index in [9.17, 15) is 13.2 Å². The van der Waals surface area contributed by atoms with Crippen LogP contribution in [0.4, 0.5) is 0 Å². The highest BCUT2D eigenvalue weighted by Gasteiger charge is 2.25. The van der Waals surface area contributed by atoms with Crippen LogP contribution in [0.5, 0.6) is 0 Å². The molecule has 0 saturated carbocycles. The van der Waals surface area contributed by atoms with Gasteiger partial charge in [-0.25, -0.2) is 13.2 Å². The molecule has 0 aromatic heterocycles. The summed E-state index contributed by atoms with van der Waals surface area (Å²) in [4.78, 5) is 12.4. The van der Waals surface area contributed by atoms with E-state index in [4.69, 9.17) is 4.74 Å². The average molecular weight is 342 g/mol. The van der Waals surface area contributed by atoms with E-state index in [1.54, 1.807) is 24.3 Å². The predicted octanol–water partition coefficient (Wildman–Crippen LogP) is 3.15. The molecule has 0 unspecified atom stereocenters. The summed E-state index contributed by atoms with van der Waals surface area (Å²) in [5.74, 6) is -0.307. The summed E-state index contributed by atoms with van der Waals surface area (Å²) in [6, 6.07) is 14.5. The fourth-order valence-electron chi connectivity index (χ4n) is 2.85. The molecule has 1 aliphatic heterocycles. The van der Waals surface area contributed by atoms with Gasteiger partial charge >= 0.3 is 5.97 Å². The first-order valence-corrected chi connectivity index (χ1v) is 9.53. The van der Waals surface area contributed by atoms with Crippen LogP contribution in [0.25, 0.3) is 5.57 Å². The van der Waals surface area contributed by atoms with Gasteiger partial charge in [0.2, 0.25) is 0 Å². The molecule has 0 spiro atoms. The lowest BCUT2D eigenvalue weighted by Crippen LogP contribution is -2.02. The Labute approximate surface area is 141 Å². The molecular weight excluding hydrogens is 324 g/mol. The fraction of sp³-hybridized carbons (Fsp3) is 0.211. The maximum absolute atomic E-state index is 12.1. The van der Waals surface area contributed by atoms with Crippen LogP contribution in [0.15, 0.2) is 59.0 Å². The smallest absolute Gasteiger partial charge is 0.334 e. The van der Waals surface area contributed by atoms with E-state index in [-0.39, 0.29) is 10.9 Å². The zero-order valence-corrected chi connectivity index (χ0v) is 14.4. The van der Waals surface area contributed by atoms with E-state index < -0.39 is 9.84 Å². The van der Waals surface area contributed by atoms with Crippen LogP contribution in [0.1, 0.15) is 23.1 Å². The number of cyclic esters (lactones) is 1. The fourth-order valence-corrected chi connectivity index (χ4v) is 3.48. The van der Waals surface area contributed by atoms with Crippen molar-refractivity contribution in [2.75, 3.05) is 12.9 Å². The number of ether oxygens (including phenoxy) is 1. The summed E-state index contributed by atoms with van der Waals surface area (Å²) in [7, 11) is -3.25. The molecule has 0 aliphatic carbocycles. The normalized spacial score (nSPS) is 16.8. The van der Waals surface area contributed by atoms with Gasteiger partial charge in [0.15, 0.2) is 9.84 Å². The zero-order chi connectivity index (χ0) is 17.3. The van der Waals surface area contributed by atoms with Crippen LogP contribution in [0.2, 0.25) is 0 Å². The van der Waals surface area contributed by atoms with E-state index >= 15 is 0 Å². The van der Waals surface area contributed by atoms with E-state index in [0.29, 0.717) is 18.6 Å². The van der Waals surface area contributed by atoms with Crippen molar-refractivity contribution in [3.8, 4) is 0 Å². The van der Waals surface area contributed by atoms with Crippen LogP contribution in [0.3, 0.4) is 0 Å². The summed E-state index contributed by atoms with van der Waals surface area (Å²) in [6.45, 7) is 2.37. The lowest BCUT2D eigenvalue weighted by Gasteiger charge is -2.12. The number of rotatable bonds is 3. The van der Waals surface area contributed by atoms with Crippen molar-refractivity contribution in [2.24, 2.45) is 0 Å². The largest absolute Gasteiger partial charge is 0.462 e. The highest BCUT2D eigenvalue weighted by Crippen LogP contribution is 2.32. The van der Waals surface area contributed by atoms with Crippen LogP contribution in [0, 0.1) is 6.92 Å². The van der Waals surface area contributed by atoms with Gasteiger partial charge in [-0.05, 0) is 35.8 Å². The van der Waals surface area contributed by atoms with Crippen molar-refractivity contribution in [3.63, 3.8) is 0 Å². The standard InChI is InChI=1S/C19H18O4S/c1-13-4-3-5-15(12-13)18(17-10-11-23-19(17)20)14-6-8-16(9-7-14)24(2,21)22/h3-9,12H,10-11H2,1-2H3/b18-17-. The third-order valence-corrected chi connectivity index (χ3v) is 5.14. The van der Waals surface area contributed by atoms with Crippen LogP contribution in [-0.4, -0.2) is 27.2 Å². The molecule has 0 radical (unpaired) electrons. The van der Waals surface area contributed by atoms with Crippen molar-refractivity contribution in [3.05, 3.63) is 70.8 Å². The molecule has 0 N–H and O–H groups in total. The molecule has 4 nitrogen and oxygen atoms in total. The number of carbonyl (C=O) groups is 1. The van der Waals surface area contributed by atoms with Crippen molar-refractivity contribution >= 4 is 21.4 Å². The van der Waals surface area contributed by atoms with Crippen LogP contribution in [-0.2, 0) is 19.4 Å². The third-order valence-electron chi connectivity index (χ3n) is 4.01. The Hall–Kier alpha value is -2.40. The highest BCUT2D eigenvalue weighted by atomic mass is 32.2. The topological polar surface area (TPSA) is 60.4 Å². The minimum Gasteiger partial charge on any atom is -0.462 e. The second-order valence-electron chi connectivity index (χ2n) is 5.91. The van der Waals surface area contributed by atoms with E-state index in [1.165, 1.54) is 6.26 Å². The Kier molecular flexibility index (Phi) is 4.28. The molecule has 0 atom stereocenters. The second-order valence-corrected chi connectivity index (χ2v) is 7.92. The Morgan fingerprint density at radius 1 is 1.04 bits per heavy atom.